The topological polar surface area (TPSA) is 68.0 Å². The van der Waals surface area contributed by atoms with E-state index in [4.69, 9.17) is 5.73 Å². The van der Waals surface area contributed by atoms with Crippen molar-refractivity contribution in [1.29, 1.82) is 0 Å². The van der Waals surface area contributed by atoms with Crippen LogP contribution in [0.3, 0.4) is 0 Å². The number of amides is 1. The molecule has 76 valence electrons. The zero-order chi connectivity index (χ0) is 10.7. The van der Waals surface area contributed by atoms with Crippen LogP contribution in [0.15, 0.2) is 42.4 Å². The highest BCUT2D eigenvalue weighted by Crippen LogP contribution is 2.21. The van der Waals surface area contributed by atoms with Gasteiger partial charge in [-0.2, -0.15) is 0 Å². The summed E-state index contributed by atoms with van der Waals surface area (Å²) in [6.45, 7) is 0. The number of primary amides is 1. The van der Waals surface area contributed by atoms with Crippen LogP contribution in [0.1, 0.15) is 12.1 Å². The number of nitrogens with zero attached hydrogens (tertiary/aromatic N) is 1. The Balaban J connectivity index is 2.21. The van der Waals surface area contributed by atoms with Crippen LogP contribution in [0.25, 0.3) is 5.57 Å². The molecule has 0 spiro atoms. The summed E-state index contributed by atoms with van der Waals surface area (Å²) in [5.41, 5.74) is 7.60. The highest BCUT2D eigenvalue weighted by Gasteiger charge is 2.13. The van der Waals surface area contributed by atoms with Gasteiger partial charge in [0.1, 0.15) is 0 Å². The van der Waals surface area contributed by atoms with E-state index in [0.717, 1.165) is 11.3 Å². The fourth-order valence-corrected chi connectivity index (χ4v) is 1.43. The second-order valence-electron chi connectivity index (χ2n) is 3.26. The first-order chi connectivity index (χ1) is 7.27. The SMILES string of the molecule is NC(=O)C1=CNC=C(c2ccccn2)C1. The minimum absolute atomic E-state index is 0.399. The van der Waals surface area contributed by atoms with Crippen LogP contribution < -0.4 is 11.1 Å². The summed E-state index contributed by atoms with van der Waals surface area (Å²) in [6, 6.07) is 5.66. The molecule has 0 saturated carbocycles. The standard InChI is InChI=1S/C11H11N3O/c12-11(15)9-5-8(6-13-7-9)10-3-1-2-4-14-10/h1-4,6-7,13H,5H2,(H2,12,15). The number of carbonyl (C=O) groups is 1. The molecule has 4 nitrogen and oxygen atoms in total. The van der Waals surface area contributed by atoms with Crippen molar-refractivity contribution in [3.63, 3.8) is 0 Å². The van der Waals surface area contributed by atoms with E-state index in [9.17, 15) is 4.79 Å². The Hall–Kier alpha value is -2.10. The summed E-state index contributed by atoms with van der Waals surface area (Å²) in [5.74, 6) is -0.399. The molecule has 0 aliphatic carbocycles. The molecule has 0 radical (unpaired) electrons. The summed E-state index contributed by atoms with van der Waals surface area (Å²) >= 11 is 0. The van der Waals surface area contributed by atoms with Crippen molar-refractivity contribution in [3.05, 3.63) is 48.1 Å². The van der Waals surface area contributed by atoms with E-state index in [2.05, 4.69) is 10.3 Å². The third-order valence-electron chi connectivity index (χ3n) is 2.21. The zero-order valence-corrected chi connectivity index (χ0v) is 8.10. The van der Waals surface area contributed by atoms with Gasteiger partial charge >= 0.3 is 0 Å². The number of hydrogen-bond acceptors (Lipinski definition) is 3. The van der Waals surface area contributed by atoms with Crippen molar-refractivity contribution in [1.82, 2.24) is 10.3 Å². The molecular weight excluding hydrogens is 190 g/mol. The first-order valence-electron chi connectivity index (χ1n) is 4.63. The molecule has 0 atom stereocenters. The van der Waals surface area contributed by atoms with Crippen LogP contribution in [0.5, 0.6) is 0 Å². The van der Waals surface area contributed by atoms with Crippen molar-refractivity contribution < 1.29 is 4.79 Å². The Morgan fingerprint density at radius 2 is 2.27 bits per heavy atom. The number of nitrogens with one attached hydrogen (secondary N) is 1. The highest BCUT2D eigenvalue weighted by molar-refractivity contribution is 5.94. The maximum absolute atomic E-state index is 11.0. The summed E-state index contributed by atoms with van der Waals surface area (Å²) in [5, 5.41) is 2.90. The lowest BCUT2D eigenvalue weighted by molar-refractivity contribution is -0.114. The molecule has 1 aliphatic heterocycles. The molecule has 15 heavy (non-hydrogen) atoms. The molecule has 0 saturated heterocycles. The van der Waals surface area contributed by atoms with Crippen LogP contribution >= 0.6 is 0 Å². The fourth-order valence-electron chi connectivity index (χ4n) is 1.43. The summed E-state index contributed by atoms with van der Waals surface area (Å²) in [7, 11) is 0. The largest absolute Gasteiger partial charge is 0.367 e. The van der Waals surface area contributed by atoms with E-state index in [1.807, 2.05) is 24.4 Å². The van der Waals surface area contributed by atoms with Gasteiger partial charge in [0.05, 0.1) is 5.69 Å². The molecule has 4 heteroatoms. The van der Waals surface area contributed by atoms with E-state index in [0.29, 0.717) is 12.0 Å². The highest BCUT2D eigenvalue weighted by atomic mass is 16.1. The van der Waals surface area contributed by atoms with Gasteiger partial charge in [0.15, 0.2) is 0 Å². The number of carbonyl (C=O) groups excluding carboxylic acids is 1. The second-order valence-corrected chi connectivity index (χ2v) is 3.26. The van der Waals surface area contributed by atoms with Gasteiger partial charge in [0.2, 0.25) is 5.91 Å². The summed E-state index contributed by atoms with van der Waals surface area (Å²) in [6.07, 6.45) is 5.70. The van der Waals surface area contributed by atoms with Crippen LogP contribution in [0.4, 0.5) is 0 Å². The van der Waals surface area contributed by atoms with Gasteiger partial charge in [-0.15, -0.1) is 0 Å². The number of rotatable bonds is 2. The average molecular weight is 201 g/mol. The molecule has 2 rings (SSSR count). The Labute approximate surface area is 87.5 Å². The van der Waals surface area contributed by atoms with Gasteiger partial charge in [-0.25, -0.2) is 0 Å². The van der Waals surface area contributed by atoms with E-state index in [1.165, 1.54) is 0 Å². The third-order valence-corrected chi connectivity index (χ3v) is 2.21. The maximum Gasteiger partial charge on any atom is 0.246 e. The molecule has 0 aromatic carbocycles. The molecule has 2 heterocycles. The predicted molar refractivity (Wildman–Crippen MR) is 57.2 cm³/mol. The number of allylic oxidation sites excluding steroid dienone is 1. The monoisotopic (exact) mass is 201 g/mol. The molecule has 0 fully saturated rings. The van der Waals surface area contributed by atoms with Crippen LogP contribution in [-0.2, 0) is 4.79 Å². The number of pyridine rings is 1. The zero-order valence-electron chi connectivity index (χ0n) is 8.10. The minimum Gasteiger partial charge on any atom is -0.367 e. The summed E-state index contributed by atoms with van der Waals surface area (Å²) < 4.78 is 0. The van der Waals surface area contributed by atoms with Crippen LogP contribution in [-0.4, -0.2) is 10.9 Å². The number of aromatic nitrogens is 1. The fraction of sp³-hybridized carbons (Fsp3) is 0.0909. The number of hydrogen-bond donors (Lipinski definition) is 2. The lowest BCUT2D eigenvalue weighted by atomic mass is 10.0. The van der Waals surface area contributed by atoms with Gasteiger partial charge < -0.3 is 11.1 Å². The van der Waals surface area contributed by atoms with E-state index in [1.54, 1.807) is 12.4 Å². The Morgan fingerprint density at radius 1 is 1.40 bits per heavy atom. The van der Waals surface area contributed by atoms with Crippen molar-refractivity contribution in [2.24, 2.45) is 5.73 Å². The maximum atomic E-state index is 11.0. The lowest BCUT2D eigenvalue weighted by Gasteiger charge is -2.13. The van der Waals surface area contributed by atoms with Gasteiger partial charge in [-0.3, -0.25) is 9.78 Å². The van der Waals surface area contributed by atoms with Crippen LogP contribution in [0, 0.1) is 0 Å². The molecular formula is C11H11N3O. The smallest absolute Gasteiger partial charge is 0.246 e. The minimum atomic E-state index is -0.399. The molecule has 1 aromatic rings. The van der Waals surface area contributed by atoms with Crippen molar-refractivity contribution in [3.8, 4) is 0 Å². The van der Waals surface area contributed by atoms with Gasteiger partial charge in [-0.1, -0.05) is 6.07 Å². The Kier molecular flexibility index (Phi) is 2.49. The second kappa shape index (κ2) is 3.96. The number of nitrogens with two attached hydrogens (primary N) is 1. The molecule has 1 aromatic heterocycles. The van der Waals surface area contributed by atoms with Crippen molar-refractivity contribution >= 4 is 11.5 Å². The average Bonchev–Trinajstić information content (AvgIpc) is 2.30. The number of dihydropyridines is 1. The van der Waals surface area contributed by atoms with E-state index >= 15 is 0 Å². The summed E-state index contributed by atoms with van der Waals surface area (Å²) in [4.78, 5) is 15.2. The molecule has 3 N–H and O–H groups in total. The third kappa shape index (κ3) is 2.04. The van der Waals surface area contributed by atoms with E-state index in [-0.39, 0.29) is 0 Å². The first-order valence-corrected chi connectivity index (χ1v) is 4.63. The quantitative estimate of drug-likeness (QED) is 0.743. The predicted octanol–water partition coefficient (Wildman–Crippen LogP) is 0.785. The Morgan fingerprint density at radius 3 is 2.93 bits per heavy atom. The van der Waals surface area contributed by atoms with Gasteiger partial charge in [0.25, 0.3) is 0 Å². The lowest BCUT2D eigenvalue weighted by Crippen LogP contribution is -2.19. The van der Waals surface area contributed by atoms with Gasteiger partial charge in [-0.05, 0) is 17.7 Å². The molecule has 1 aliphatic rings. The first kappa shape index (κ1) is 9.45. The normalized spacial score (nSPS) is 14.9. The van der Waals surface area contributed by atoms with Gasteiger partial charge in [0, 0.05) is 30.6 Å². The molecule has 1 amide bonds. The molecule has 0 bridgehead atoms. The molecule has 0 unspecified atom stereocenters. The van der Waals surface area contributed by atoms with Crippen molar-refractivity contribution in [2.75, 3.05) is 0 Å². The van der Waals surface area contributed by atoms with Crippen molar-refractivity contribution in [2.45, 2.75) is 6.42 Å². The van der Waals surface area contributed by atoms with Crippen LogP contribution in [0.2, 0.25) is 0 Å². The Bertz CT molecular complexity index is 434. The van der Waals surface area contributed by atoms with E-state index < -0.39 is 5.91 Å².